The van der Waals surface area contributed by atoms with Crippen LogP contribution in [0.4, 0.5) is 14.6 Å². The van der Waals surface area contributed by atoms with Crippen LogP contribution >= 0.6 is 23.2 Å². The molecule has 0 radical (unpaired) electrons. The largest absolute Gasteiger partial charge is 0.377 e. The maximum Gasteiger partial charge on any atom is 0.377 e. The topological polar surface area (TPSA) is 73.1 Å². The zero-order valence-corrected chi connectivity index (χ0v) is 8.80. The van der Waals surface area contributed by atoms with Crippen LogP contribution in [0.15, 0.2) is 6.20 Å². The number of hydrogen-bond acceptors (Lipinski definition) is 4. The Hall–Kier alpha value is -1.34. The van der Waals surface area contributed by atoms with E-state index in [9.17, 15) is 23.7 Å². The maximum atomic E-state index is 12.4. The minimum absolute atomic E-state index is 0.536. The first kappa shape index (κ1) is 12.7. The first-order valence-electron chi connectivity index (χ1n) is 3.67. The Kier molecular flexibility index (Phi) is 3.71. The Morgan fingerprint density at radius 1 is 1.56 bits per heavy atom. The third kappa shape index (κ3) is 2.25. The summed E-state index contributed by atoms with van der Waals surface area (Å²) in [7, 11) is 0. The molecule has 0 bridgehead atoms. The van der Waals surface area contributed by atoms with Gasteiger partial charge in [0.1, 0.15) is 0 Å². The van der Waals surface area contributed by atoms with Gasteiger partial charge in [-0.1, -0.05) is 11.6 Å². The van der Waals surface area contributed by atoms with Gasteiger partial charge in [-0.3, -0.25) is 4.79 Å². The van der Waals surface area contributed by atoms with E-state index in [2.05, 4.69) is 4.98 Å². The molecule has 1 aromatic rings. The molecular formula is C7H2Cl2F2N2O3. The van der Waals surface area contributed by atoms with Gasteiger partial charge in [0.15, 0.2) is 11.8 Å². The van der Waals surface area contributed by atoms with Gasteiger partial charge >= 0.3 is 5.82 Å². The van der Waals surface area contributed by atoms with E-state index in [1.54, 1.807) is 0 Å². The smallest absolute Gasteiger partial charge is 0.358 e. The molecule has 0 atom stereocenters. The summed E-state index contributed by atoms with van der Waals surface area (Å²) >= 11 is 10.4. The first-order valence-corrected chi connectivity index (χ1v) is 4.42. The summed E-state index contributed by atoms with van der Waals surface area (Å²) in [6.45, 7) is 0. The number of hydrogen-bond donors (Lipinski definition) is 0. The molecule has 0 N–H and O–H groups in total. The van der Waals surface area contributed by atoms with E-state index < -0.39 is 38.6 Å². The summed E-state index contributed by atoms with van der Waals surface area (Å²) in [6, 6.07) is 0. The molecule has 0 aliphatic rings. The summed E-state index contributed by atoms with van der Waals surface area (Å²) in [5.74, 6) is -0.950. The van der Waals surface area contributed by atoms with Crippen molar-refractivity contribution in [3.8, 4) is 0 Å². The molecule has 16 heavy (non-hydrogen) atoms. The van der Waals surface area contributed by atoms with Crippen molar-refractivity contribution < 1.29 is 18.5 Å². The monoisotopic (exact) mass is 270 g/mol. The van der Waals surface area contributed by atoms with Gasteiger partial charge in [-0.15, -0.1) is 0 Å². The molecule has 0 fully saturated rings. The highest BCUT2D eigenvalue weighted by Gasteiger charge is 2.29. The number of alkyl halides is 2. The highest BCUT2D eigenvalue weighted by molar-refractivity contribution is 6.69. The molecule has 0 saturated heterocycles. The molecule has 1 aromatic heterocycles. The van der Waals surface area contributed by atoms with E-state index in [1.165, 1.54) is 0 Å². The summed E-state index contributed by atoms with van der Waals surface area (Å²) in [4.78, 5) is 23.4. The lowest BCUT2D eigenvalue weighted by Gasteiger charge is -2.04. The van der Waals surface area contributed by atoms with E-state index >= 15 is 0 Å². The number of halogens is 4. The molecule has 0 aliphatic carbocycles. The molecule has 1 rings (SSSR count). The van der Waals surface area contributed by atoms with Crippen molar-refractivity contribution in [2.24, 2.45) is 0 Å². The van der Waals surface area contributed by atoms with Crippen LogP contribution < -0.4 is 0 Å². The number of pyridine rings is 1. The zero-order valence-electron chi connectivity index (χ0n) is 7.29. The molecule has 1 heterocycles. The van der Waals surface area contributed by atoms with Crippen LogP contribution in [0.3, 0.4) is 0 Å². The Balaban J connectivity index is 3.54. The number of nitrogens with zero attached hydrogens (tertiary/aromatic N) is 2. The van der Waals surface area contributed by atoms with Gasteiger partial charge in [0.25, 0.3) is 11.7 Å². The molecule has 0 spiro atoms. The lowest BCUT2D eigenvalue weighted by Crippen LogP contribution is -2.05. The molecule has 0 saturated carbocycles. The molecule has 0 unspecified atom stereocenters. The number of carbonyl (C=O) groups is 1. The van der Waals surface area contributed by atoms with Gasteiger partial charge in [0.05, 0.1) is 10.6 Å². The van der Waals surface area contributed by atoms with Crippen molar-refractivity contribution in [1.29, 1.82) is 0 Å². The number of rotatable bonds is 3. The average Bonchev–Trinajstić information content (AvgIpc) is 2.15. The first-order chi connectivity index (χ1) is 7.36. The second-order valence-corrected chi connectivity index (χ2v) is 3.28. The molecule has 86 valence electrons. The van der Waals surface area contributed by atoms with Gasteiger partial charge in [-0.05, 0) is 21.5 Å². The third-order valence-corrected chi connectivity index (χ3v) is 2.22. The fourth-order valence-corrected chi connectivity index (χ4v) is 1.49. The van der Waals surface area contributed by atoms with Crippen LogP contribution in [0.1, 0.15) is 22.3 Å². The lowest BCUT2D eigenvalue weighted by molar-refractivity contribution is -0.389. The number of nitro groups is 1. The van der Waals surface area contributed by atoms with Crippen LogP contribution in [0, 0.1) is 10.1 Å². The molecule has 9 heteroatoms. The fourth-order valence-electron chi connectivity index (χ4n) is 0.959. The molecule has 5 nitrogen and oxygen atoms in total. The molecule has 0 amide bonds. The van der Waals surface area contributed by atoms with Crippen molar-refractivity contribution in [2.75, 3.05) is 0 Å². The Morgan fingerprint density at radius 3 is 2.50 bits per heavy atom. The minimum Gasteiger partial charge on any atom is -0.358 e. The van der Waals surface area contributed by atoms with E-state index in [1.807, 2.05) is 0 Å². The van der Waals surface area contributed by atoms with Crippen molar-refractivity contribution in [3.63, 3.8) is 0 Å². The Labute approximate surface area is 97.1 Å². The molecule has 0 aliphatic heterocycles. The number of aromatic nitrogens is 1. The highest BCUT2D eigenvalue weighted by Crippen LogP contribution is 2.34. The van der Waals surface area contributed by atoms with E-state index in [4.69, 9.17) is 23.2 Å². The summed E-state index contributed by atoms with van der Waals surface area (Å²) < 4.78 is 24.7. The SMILES string of the molecule is O=C(Cl)c1c([N+](=O)[O-])ncc(C(F)F)c1Cl. The van der Waals surface area contributed by atoms with Gasteiger partial charge in [0, 0.05) is 0 Å². The second-order valence-electron chi connectivity index (χ2n) is 2.56. The Bertz CT molecular complexity index is 467. The van der Waals surface area contributed by atoms with Crippen molar-refractivity contribution in [1.82, 2.24) is 4.98 Å². The quantitative estimate of drug-likeness (QED) is 0.481. The second kappa shape index (κ2) is 4.67. The van der Waals surface area contributed by atoms with Gasteiger partial charge in [-0.2, -0.15) is 0 Å². The Morgan fingerprint density at radius 2 is 2.12 bits per heavy atom. The van der Waals surface area contributed by atoms with Crippen LogP contribution in [-0.2, 0) is 0 Å². The maximum absolute atomic E-state index is 12.4. The van der Waals surface area contributed by atoms with Crippen LogP contribution in [0.2, 0.25) is 5.02 Å². The zero-order chi connectivity index (χ0) is 12.5. The molecular weight excluding hydrogens is 269 g/mol. The summed E-state index contributed by atoms with van der Waals surface area (Å²) in [5.41, 5.74) is -1.61. The lowest BCUT2D eigenvalue weighted by atomic mass is 10.2. The van der Waals surface area contributed by atoms with Crippen LogP contribution in [-0.4, -0.2) is 15.1 Å². The van der Waals surface area contributed by atoms with E-state index in [0.717, 1.165) is 0 Å². The van der Waals surface area contributed by atoms with Crippen molar-refractivity contribution >= 4 is 34.3 Å². The predicted octanol–water partition coefficient (Wildman–Crippen LogP) is 2.96. The molecule has 0 aromatic carbocycles. The average molecular weight is 271 g/mol. The number of carbonyl (C=O) groups excluding carboxylic acids is 1. The predicted molar refractivity (Wildman–Crippen MR) is 51.0 cm³/mol. The van der Waals surface area contributed by atoms with E-state index in [0.29, 0.717) is 6.20 Å². The fraction of sp³-hybridized carbons (Fsp3) is 0.143. The van der Waals surface area contributed by atoms with E-state index in [-0.39, 0.29) is 0 Å². The van der Waals surface area contributed by atoms with Gasteiger partial charge in [-0.25, -0.2) is 8.78 Å². The normalized spacial score (nSPS) is 10.6. The van der Waals surface area contributed by atoms with Crippen molar-refractivity contribution in [2.45, 2.75) is 6.43 Å². The minimum atomic E-state index is -3.00. The summed E-state index contributed by atoms with van der Waals surface area (Å²) in [5, 5.41) is 8.38. The standard InChI is InChI=1S/C7H2Cl2F2N2O3/c8-4-2(6(10)11)1-12-7(13(15)16)3(4)5(9)14/h1,6H. The van der Waals surface area contributed by atoms with Gasteiger partial charge in [0.2, 0.25) is 0 Å². The van der Waals surface area contributed by atoms with Crippen LogP contribution in [0.25, 0.3) is 0 Å². The highest BCUT2D eigenvalue weighted by atomic mass is 35.5. The van der Waals surface area contributed by atoms with Crippen LogP contribution in [0.5, 0.6) is 0 Å². The van der Waals surface area contributed by atoms with Crippen molar-refractivity contribution in [3.05, 3.63) is 32.5 Å². The summed E-state index contributed by atoms with van der Waals surface area (Å²) in [6.07, 6.45) is -2.47. The third-order valence-electron chi connectivity index (χ3n) is 1.63. The van der Waals surface area contributed by atoms with Gasteiger partial charge < -0.3 is 10.1 Å².